The van der Waals surface area contributed by atoms with E-state index < -0.39 is 0 Å². The number of hydrogen-bond donors (Lipinski definition) is 1. The van der Waals surface area contributed by atoms with Crippen molar-refractivity contribution in [2.75, 3.05) is 13.1 Å². The summed E-state index contributed by atoms with van der Waals surface area (Å²) in [6.07, 6.45) is 1.53. The minimum Gasteiger partial charge on any atom is -0.354 e. The van der Waals surface area contributed by atoms with Crippen molar-refractivity contribution in [2.45, 2.75) is 45.7 Å². The third-order valence-electron chi connectivity index (χ3n) is 5.32. The first-order valence-corrected chi connectivity index (χ1v) is 9.09. The first-order valence-electron chi connectivity index (χ1n) is 9.09. The Balaban J connectivity index is 1.57. The topological polar surface area (TPSA) is 32.3 Å². The van der Waals surface area contributed by atoms with Crippen molar-refractivity contribution >= 4 is 5.91 Å². The van der Waals surface area contributed by atoms with E-state index in [0.717, 1.165) is 25.1 Å². The van der Waals surface area contributed by atoms with E-state index in [4.69, 9.17) is 0 Å². The third-order valence-corrected chi connectivity index (χ3v) is 5.32. The molecule has 3 nitrogen and oxygen atoms in total. The highest BCUT2D eigenvalue weighted by molar-refractivity contribution is 5.79. The highest BCUT2D eigenvalue weighted by atomic mass is 16.1. The molecule has 1 amide bonds. The summed E-state index contributed by atoms with van der Waals surface area (Å²) in [5.41, 5.74) is 5.08. The summed E-state index contributed by atoms with van der Waals surface area (Å²) >= 11 is 0. The lowest BCUT2D eigenvalue weighted by Crippen LogP contribution is -2.53. The zero-order valence-corrected chi connectivity index (χ0v) is 15.5. The molecule has 3 rings (SSSR count). The summed E-state index contributed by atoms with van der Waals surface area (Å²) in [5.74, 6) is 0.0970. The highest BCUT2D eigenvalue weighted by Crippen LogP contribution is 2.25. The van der Waals surface area contributed by atoms with Crippen molar-refractivity contribution < 1.29 is 4.79 Å². The van der Waals surface area contributed by atoms with Gasteiger partial charge in [0.05, 0.1) is 6.42 Å². The van der Waals surface area contributed by atoms with E-state index in [1.807, 2.05) is 18.2 Å². The minimum atomic E-state index is -0.0606. The maximum absolute atomic E-state index is 12.4. The molecule has 132 valence electrons. The standard InChI is InChI=1S/C22H28N2O/c1-17-8-4-5-10-19(17)14-21(25)23-16-22(2,3)24-13-12-18-9-6-7-11-20(18)15-24/h4-11H,12-16H2,1-3H3,(H,23,25). The fourth-order valence-corrected chi connectivity index (χ4v) is 3.48. The minimum absolute atomic E-state index is 0.0606. The van der Waals surface area contributed by atoms with E-state index in [1.54, 1.807) is 0 Å². The van der Waals surface area contributed by atoms with Crippen LogP contribution in [0.25, 0.3) is 0 Å². The summed E-state index contributed by atoms with van der Waals surface area (Å²) in [6.45, 7) is 9.15. The van der Waals surface area contributed by atoms with Gasteiger partial charge < -0.3 is 5.32 Å². The van der Waals surface area contributed by atoms with Crippen LogP contribution in [0.4, 0.5) is 0 Å². The molecule has 1 heterocycles. The lowest BCUT2D eigenvalue weighted by molar-refractivity contribution is -0.121. The molecule has 25 heavy (non-hydrogen) atoms. The number of fused-ring (bicyclic) bond motifs is 1. The summed E-state index contributed by atoms with van der Waals surface area (Å²) < 4.78 is 0. The van der Waals surface area contributed by atoms with Gasteiger partial charge in [-0.15, -0.1) is 0 Å². The van der Waals surface area contributed by atoms with E-state index in [-0.39, 0.29) is 11.4 Å². The molecule has 0 saturated heterocycles. The van der Waals surface area contributed by atoms with Crippen LogP contribution in [0.2, 0.25) is 0 Å². The van der Waals surface area contributed by atoms with Crippen molar-refractivity contribution in [3.05, 3.63) is 70.8 Å². The Bertz CT molecular complexity index is 751. The monoisotopic (exact) mass is 336 g/mol. The molecule has 1 N–H and O–H groups in total. The third kappa shape index (κ3) is 4.29. The van der Waals surface area contributed by atoms with Gasteiger partial charge in [-0.25, -0.2) is 0 Å². The van der Waals surface area contributed by atoms with E-state index in [0.29, 0.717) is 13.0 Å². The van der Waals surface area contributed by atoms with Gasteiger partial charge in [-0.05, 0) is 49.4 Å². The van der Waals surface area contributed by atoms with Crippen LogP contribution in [0, 0.1) is 6.92 Å². The molecule has 0 fully saturated rings. The molecule has 2 aromatic carbocycles. The van der Waals surface area contributed by atoms with Gasteiger partial charge in [-0.3, -0.25) is 9.69 Å². The van der Waals surface area contributed by atoms with Gasteiger partial charge in [0.15, 0.2) is 0 Å². The Morgan fingerprint density at radius 3 is 2.52 bits per heavy atom. The smallest absolute Gasteiger partial charge is 0.224 e. The van der Waals surface area contributed by atoms with Gasteiger partial charge in [0.1, 0.15) is 0 Å². The van der Waals surface area contributed by atoms with Crippen LogP contribution in [0.5, 0.6) is 0 Å². The zero-order valence-electron chi connectivity index (χ0n) is 15.5. The van der Waals surface area contributed by atoms with Crippen LogP contribution >= 0.6 is 0 Å². The fourth-order valence-electron chi connectivity index (χ4n) is 3.48. The molecular weight excluding hydrogens is 308 g/mol. The second-order valence-corrected chi connectivity index (χ2v) is 7.63. The SMILES string of the molecule is Cc1ccccc1CC(=O)NCC(C)(C)N1CCc2ccccc2C1. The maximum Gasteiger partial charge on any atom is 0.224 e. The van der Waals surface area contributed by atoms with E-state index in [9.17, 15) is 4.79 Å². The number of carbonyl (C=O) groups is 1. The van der Waals surface area contributed by atoms with Gasteiger partial charge in [-0.2, -0.15) is 0 Å². The van der Waals surface area contributed by atoms with Gasteiger partial charge in [0.2, 0.25) is 5.91 Å². The molecule has 0 saturated carbocycles. The normalized spacial score (nSPS) is 14.8. The molecule has 2 aromatic rings. The van der Waals surface area contributed by atoms with Gasteiger partial charge >= 0.3 is 0 Å². The Hall–Kier alpha value is -2.13. The predicted molar refractivity (Wildman–Crippen MR) is 103 cm³/mol. The van der Waals surface area contributed by atoms with Crippen LogP contribution in [0.3, 0.4) is 0 Å². The van der Waals surface area contributed by atoms with Crippen molar-refractivity contribution in [3.63, 3.8) is 0 Å². The Kier molecular flexibility index (Phi) is 5.24. The van der Waals surface area contributed by atoms with Gasteiger partial charge in [0.25, 0.3) is 0 Å². The highest BCUT2D eigenvalue weighted by Gasteiger charge is 2.30. The molecule has 3 heteroatoms. The van der Waals surface area contributed by atoms with Gasteiger partial charge in [-0.1, -0.05) is 48.5 Å². The summed E-state index contributed by atoms with van der Waals surface area (Å²) in [7, 11) is 0. The molecule has 0 aliphatic carbocycles. The average Bonchev–Trinajstić information content (AvgIpc) is 2.62. The Morgan fingerprint density at radius 1 is 1.08 bits per heavy atom. The number of hydrogen-bond acceptors (Lipinski definition) is 2. The largest absolute Gasteiger partial charge is 0.354 e. The summed E-state index contributed by atoms with van der Waals surface area (Å²) in [5, 5.41) is 3.14. The predicted octanol–water partition coefficient (Wildman–Crippen LogP) is 3.49. The van der Waals surface area contributed by atoms with Crippen molar-refractivity contribution in [1.29, 1.82) is 0 Å². The van der Waals surface area contributed by atoms with Crippen LogP contribution in [-0.4, -0.2) is 29.4 Å². The van der Waals surface area contributed by atoms with E-state index >= 15 is 0 Å². The average molecular weight is 336 g/mol. The second-order valence-electron chi connectivity index (χ2n) is 7.63. The van der Waals surface area contributed by atoms with Crippen molar-refractivity contribution in [1.82, 2.24) is 10.2 Å². The van der Waals surface area contributed by atoms with E-state index in [2.05, 4.69) is 61.3 Å². The molecule has 0 aromatic heterocycles. The Morgan fingerprint density at radius 2 is 1.76 bits per heavy atom. The quantitative estimate of drug-likeness (QED) is 0.906. The number of nitrogens with zero attached hydrogens (tertiary/aromatic N) is 1. The number of carbonyl (C=O) groups excluding carboxylic acids is 1. The number of aryl methyl sites for hydroxylation is 1. The summed E-state index contributed by atoms with van der Waals surface area (Å²) in [4.78, 5) is 14.8. The molecule has 0 unspecified atom stereocenters. The molecule has 0 atom stereocenters. The van der Waals surface area contributed by atoms with Gasteiger partial charge in [0, 0.05) is 25.2 Å². The molecule has 0 radical (unpaired) electrons. The first-order chi connectivity index (χ1) is 12.0. The Labute approximate surface area is 151 Å². The van der Waals surface area contributed by atoms with Crippen LogP contribution < -0.4 is 5.32 Å². The fraction of sp³-hybridized carbons (Fsp3) is 0.409. The maximum atomic E-state index is 12.4. The lowest BCUT2D eigenvalue weighted by atomic mass is 9.94. The van der Waals surface area contributed by atoms with Crippen molar-refractivity contribution in [3.8, 4) is 0 Å². The van der Waals surface area contributed by atoms with Crippen molar-refractivity contribution in [2.24, 2.45) is 0 Å². The van der Waals surface area contributed by atoms with Crippen LogP contribution in [0.1, 0.15) is 36.1 Å². The molecule has 0 bridgehead atoms. The lowest BCUT2D eigenvalue weighted by Gasteiger charge is -2.41. The molecule has 0 spiro atoms. The molecule has 1 aliphatic heterocycles. The number of benzene rings is 2. The van der Waals surface area contributed by atoms with Crippen LogP contribution in [-0.2, 0) is 24.2 Å². The second kappa shape index (κ2) is 7.40. The number of rotatable bonds is 5. The van der Waals surface area contributed by atoms with E-state index in [1.165, 1.54) is 16.7 Å². The molecule has 1 aliphatic rings. The number of nitrogens with one attached hydrogen (secondary N) is 1. The molecular formula is C22H28N2O. The number of amides is 1. The zero-order chi connectivity index (χ0) is 17.9. The van der Waals surface area contributed by atoms with Crippen LogP contribution in [0.15, 0.2) is 48.5 Å². The first kappa shape index (κ1) is 17.7. The summed E-state index contributed by atoms with van der Waals surface area (Å²) in [6, 6.07) is 16.8.